The average molecular weight is 391 g/mol. The van der Waals surface area contributed by atoms with Crippen LogP contribution in [0.25, 0.3) is 11.5 Å². The van der Waals surface area contributed by atoms with Gasteiger partial charge in [0.2, 0.25) is 5.88 Å². The number of halogens is 1. The molecular formula is C21H18FN5O2. The molecule has 0 radical (unpaired) electrons. The van der Waals surface area contributed by atoms with Gasteiger partial charge in [-0.25, -0.2) is 14.1 Å². The molecule has 1 N–H and O–H groups in total. The smallest absolute Gasteiger partial charge is 0.256 e. The molecular weight excluding hydrogens is 373 g/mol. The normalized spacial score (nSPS) is 10.7. The second kappa shape index (κ2) is 7.97. The van der Waals surface area contributed by atoms with Gasteiger partial charge < -0.3 is 14.6 Å². The lowest BCUT2D eigenvalue weighted by atomic mass is 10.2. The molecule has 3 aromatic heterocycles. The van der Waals surface area contributed by atoms with Crippen molar-refractivity contribution in [3.8, 4) is 17.4 Å². The molecule has 146 valence electrons. The Hall–Kier alpha value is -3.94. The van der Waals surface area contributed by atoms with Crippen molar-refractivity contribution in [2.45, 2.75) is 6.54 Å². The van der Waals surface area contributed by atoms with Crippen molar-refractivity contribution >= 4 is 5.91 Å². The second-order valence-electron chi connectivity index (χ2n) is 6.22. The van der Waals surface area contributed by atoms with Crippen molar-refractivity contribution in [3.63, 3.8) is 0 Å². The van der Waals surface area contributed by atoms with E-state index >= 15 is 0 Å². The van der Waals surface area contributed by atoms with Crippen LogP contribution in [0.3, 0.4) is 0 Å². The summed E-state index contributed by atoms with van der Waals surface area (Å²) in [7, 11) is 1.53. The van der Waals surface area contributed by atoms with Crippen molar-refractivity contribution in [2.24, 2.45) is 0 Å². The lowest BCUT2D eigenvalue weighted by molar-refractivity contribution is 0.0951. The number of nitrogens with zero attached hydrogens (tertiary/aromatic N) is 4. The Morgan fingerprint density at radius 3 is 2.72 bits per heavy atom. The van der Waals surface area contributed by atoms with Gasteiger partial charge >= 0.3 is 0 Å². The van der Waals surface area contributed by atoms with E-state index in [-0.39, 0.29) is 18.1 Å². The van der Waals surface area contributed by atoms with Gasteiger partial charge in [0.15, 0.2) is 5.82 Å². The molecule has 0 aliphatic rings. The number of aromatic nitrogens is 4. The van der Waals surface area contributed by atoms with E-state index in [0.29, 0.717) is 17.3 Å². The highest BCUT2D eigenvalue weighted by Crippen LogP contribution is 2.22. The number of rotatable bonds is 6. The fraction of sp³-hybridized carbons (Fsp3) is 0.0952. The lowest BCUT2D eigenvalue weighted by Gasteiger charge is -2.12. The minimum atomic E-state index is -0.431. The third-order valence-electron chi connectivity index (χ3n) is 4.38. The van der Waals surface area contributed by atoms with Crippen molar-refractivity contribution < 1.29 is 13.9 Å². The third kappa shape index (κ3) is 3.73. The number of benzene rings is 1. The number of hydrogen-bond donors (Lipinski definition) is 1. The summed E-state index contributed by atoms with van der Waals surface area (Å²) in [5.74, 6) is 0.161. The Morgan fingerprint density at radius 1 is 1.17 bits per heavy atom. The predicted molar refractivity (Wildman–Crippen MR) is 105 cm³/mol. The average Bonchev–Trinajstić information content (AvgIpc) is 3.42. The predicted octanol–water partition coefficient (Wildman–Crippen LogP) is 3.14. The van der Waals surface area contributed by atoms with E-state index in [1.165, 1.54) is 24.1 Å². The third-order valence-corrected chi connectivity index (χ3v) is 4.38. The van der Waals surface area contributed by atoms with Gasteiger partial charge in [0.05, 0.1) is 13.3 Å². The topological polar surface area (TPSA) is 74.0 Å². The number of hydrogen-bond acceptors (Lipinski definition) is 4. The van der Waals surface area contributed by atoms with Crippen molar-refractivity contribution in [1.82, 2.24) is 24.6 Å². The number of amides is 1. The highest BCUT2D eigenvalue weighted by Gasteiger charge is 2.21. The van der Waals surface area contributed by atoms with Gasteiger partial charge in [-0.05, 0) is 35.9 Å². The van der Waals surface area contributed by atoms with Crippen LogP contribution in [0.15, 0.2) is 73.3 Å². The molecule has 0 aliphatic carbocycles. The highest BCUT2D eigenvalue weighted by molar-refractivity contribution is 5.97. The molecule has 1 amide bonds. The molecule has 0 bridgehead atoms. The summed E-state index contributed by atoms with van der Waals surface area (Å²) in [6.07, 6.45) is 6.60. The number of nitrogens with one attached hydrogen (secondary N) is 1. The molecule has 3 heterocycles. The van der Waals surface area contributed by atoms with E-state index in [0.717, 1.165) is 5.56 Å². The first kappa shape index (κ1) is 18.4. The number of ether oxygens (including phenoxy) is 1. The first-order valence-corrected chi connectivity index (χ1v) is 8.91. The van der Waals surface area contributed by atoms with E-state index in [9.17, 15) is 9.18 Å². The van der Waals surface area contributed by atoms with E-state index < -0.39 is 5.82 Å². The van der Waals surface area contributed by atoms with Crippen LogP contribution in [0.4, 0.5) is 4.39 Å². The molecule has 0 saturated heterocycles. The Labute approximate surface area is 166 Å². The summed E-state index contributed by atoms with van der Waals surface area (Å²) < 4.78 is 22.6. The van der Waals surface area contributed by atoms with Gasteiger partial charge in [0.1, 0.15) is 17.1 Å². The minimum absolute atomic E-state index is 0.258. The Morgan fingerprint density at radius 2 is 1.97 bits per heavy atom. The molecule has 0 fully saturated rings. The van der Waals surface area contributed by atoms with Crippen LogP contribution < -0.4 is 10.1 Å². The molecule has 29 heavy (non-hydrogen) atoms. The van der Waals surface area contributed by atoms with E-state index in [1.807, 2.05) is 12.1 Å². The zero-order valence-electron chi connectivity index (χ0n) is 15.6. The number of carbonyl (C=O) groups excluding carboxylic acids is 1. The number of para-hydroxylation sites is 1. The van der Waals surface area contributed by atoms with Crippen LogP contribution >= 0.6 is 0 Å². The van der Waals surface area contributed by atoms with E-state index in [1.54, 1.807) is 53.5 Å². The molecule has 1 aromatic carbocycles. The SMILES string of the molecule is COc1cc(CNC(=O)c2cnn(-c3ccccc3F)c2-n2cccc2)ccn1. The maximum Gasteiger partial charge on any atom is 0.256 e. The zero-order chi connectivity index (χ0) is 20.2. The van der Waals surface area contributed by atoms with E-state index in [4.69, 9.17) is 4.74 Å². The molecule has 4 rings (SSSR count). The molecule has 0 aliphatic heterocycles. The summed E-state index contributed by atoms with van der Waals surface area (Å²) in [6, 6.07) is 13.5. The Kier molecular flexibility index (Phi) is 5.07. The molecule has 0 unspecified atom stereocenters. The van der Waals surface area contributed by atoms with E-state index in [2.05, 4.69) is 15.4 Å². The summed E-state index contributed by atoms with van der Waals surface area (Å²) in [4.78, 5) is 16.9. The molecule has 4 aromatic rings. The first-order valence-electron chi connectivity index (χ1n) is 8.91. The fourth-order valence-corrected chi connectivity index (χ4v) is 2.98. The maximum absolute atomic E-state index is 14.4. The zero-order valence-corrected chi connectivity index (χ0v) is 15.6. The second-order valence-corrected chi connectivity index (χ2v) is 6.22. The van der Waals surface area contributed by atoms with Crippen LogP contribution in [-0.2, 0) is 6.54 Å². The fourth-order valence-electron chi connectivity index (χ4n) is 2.98. The van der Waals surface area contributed by atoms with Crippen molar-refractivity contribution in [1.29, 1.82) is 0 Å². The summed E-state index contributed by atoms with van der Waals surface area (Å²) in [5, 5.41) is 7.14. The minimum Gasteiger partial charge on any atom is -0.481 e. The van der Waals surface area contributed by atoms with Crippen LogP contribution in [0.5, 0.6) is 5.88 Å². The maximum atomic E-state index is 14.4. The summed E-state index contributed by atoms with van der Waals surface area (Å²) >= 11 is 0. The molecule has 0 saturated carbocycles. The Balaban J connectivity index is 1.67. The van der Waals surface area contributed by atoms with Crippen LogP contribution in [0.2, 0.25) is 0 Å². The van der Waals surface area contributed by atoms with Gasteiger partial charge in [-0.15, -0.1) is 0 Å². The first-order chi connectivity index (χ1) is 14.2. The van der Waals surface area contributed by atoms with Crippen LogP contribution in [-0.4, -0.2) is 32.3 Å². The summed E-state index contributed by atoms with van der Waals surface area (Å²) in [6.45, 7) is 0.285. The molecule has 0 spiro atoms. The monoisotopic (exact) mass is 391 g/mol. The van der Waals surface area contributed by atoms with Crippen LogP contribution in [0, 0.1) is 5.82 Å². The Bertz CT molecular complexity index is 1140. The largest absolute Gasteiger partial charge is 0.481 e. The van der Waals surface area contributed by atoms with Gasteiger partial charge in [-0.1, -0.05) is 12.1 Å². The summed E-state index contributed by atoms with van der Waals surface area (Å²) in [5.41, 5.74) is 1.42. The van der Waals surface area contributed by atoms with Gasteiger partial charge in [0.25, 0.3) is 5.91 Å². The standard InChI is InChI=1S/C21H18FN5O2/c1-29-19-12-15(8-9-23-19)13-24-20(28)16-14-25-27(18-7-3-2-6-17(18)22)21(16)26-10-4-5-11-26/h2-12,14H,13H2,1H3,(H,24,28). The van der Waals surface area contributed by atoms with Gasteiger partial charge in [-0.3, -0.25) is 4.79 Å². The van der Waals surface area contributed by atoms with Crippen molar-refractivity contribution in [2.75, 3.05) is 7.11 Å². The lowest BCUT2D eigenvalue weighted by Crippen LogP contribution is -2.24. The van der Waals surface area contributed by atoms with Gasteiger partial charge in [-0.2, -0.15) is 5.10 Å². The quantitative estimate of drug-likeness (QED) is 0.548. The highest BCUT2D eigenvalue weighted by atomic mass is 19.1. The van der Waals surface area contributed by atoms with Gasteiger partial charge in [0, 0.05) is 31.2 Å². The molecule has 0 atom stereocenters. The van der Waals surface area contributed by atoms with Crippen LogP contribution in [0.1, 0.15) is 15.9 Å². The number of carbonyl (C=O) groups is 1. The van der Waals surface area contributed by atoms with Crippen molar-refractivity contribution in [3.05, 3.63) is 90.3 Å². The molecule has 7 nitrogen and oxygen atoms in total. The number of methoxy groups -OCH3 is 1. The molecule has 8 heteroatoms. The number of pyridine rings is 1.